The Morgan fingerprint density at radius 2 is 1.86 bits per heavy atom. The van der Waals surface area contributed by atoms with Crippen LogP contribution in [-0.4, -0.2) is 90.9 Å². The lowest BCUT2D eigenvalue weighted by Gasteiger charge is -2.48. The van der Waals surface area contributed by atoms with E-state index < -0.39 is 6.09 Å². The number of anilines is 1. The summed E-state index contributed by atoms with van der Waals surface area (Å²) in [6.45, 7) is 13.3. The van der Waals surface area contributed by atoms with E-state index in [1.807, 2.05) is 4.52 Å². The molecule has 2 saturated heterocycles. The Hall–Kier alpha value is -3.66. The largest absolute Gasteiger partial charge is 0.465 e. The van der Waals surface area contributed by atoms with Gasteiger partial charge in [0.05, 0.1) is 16.7 Å². The Kier molecular flexibility index (Phi) is 5.36. The minimum atomic E-state index is -0.819. The number of piperazine rings is 1. The second-order valence-electron chi connectivity index (χ2n) is 10.3. The Labute approximate surface area is 209 Å². The Bertz CT molecular complexity index is 1460. The normalized spacial score (nSPS) is 17.5. The smallest absolute Gasteiger partial charge is 0.407 e. The van der Waals surface area contributed by atoms with E-state index in [0.717, 1.165) is 65.5 Å². The third-order valence-corrected chi connectivity index (χ3v) is 7.93. The van der Waals surface area contributed by atoms with Gasteiger partial charge in [0, 0.05) is 62.6 Å². The van der Waals surface area contributed by atoms with Crippen molar-refractivity contribution in [3.8, 4) is 11.3 Å². The van der Waals surface area contributed by atoms with Crippen molar-refractivity contribution < 1.29 is 9.90 Å². The van der Waals surface area contributed by atoms with Gasteiger partial charge < -0.3 is 19.9 Å². The van der Waals surface area contributed by atoms with Crippen molar-refractivity contribution in [1.82, 2.24) is 34.4 Å². The van der Waals surface area contributed by atoms with E-state index in [2.05, 4.69) is 70.9 Å². The Balaban J connectivity index is 1.29. The first-order valence-corrected chi connectivity index (χ1v) is 12.6. The molecule has 10 nitrogen and oxygen atoms in total. The van der Waals surface area contributed by atoms with E-state index in [0.29, 0.717) is 19.1 Å². The van der Waals surface area contributed by atoms with Gasteiger partial charge in [0.15, 0.2) is 5.65 Å². The highest BCUT2D eigenvalue weighted by Gasteiger charge is 2.35. The van der Waals surface area contributed by atoms with Gasteiger partial charge in [-0.05, 0) is 43.0 Å². The molecule has 2 aliphatic rings. The fraction of sp³-hybridized carbons (Fsp3) is 0.462. The van der Waals surface area contributed by atoms with Crippen molar-refractivity contribution in [2.24, 2.45) is 0 Å². The molecule has 6 rings (SSSR count). The van der Waals surface area contributed by atoms with Crippen molar-refractivity contribution in [2.75, 3.05) is 44.2 Å². The molecule has 0 aliphatic carbocycles. The topological polar surface area (TPSA) is 106 Å². The molecular formula is C26H32N8O2. The van der Waals surface area contributed by atoms with E-state index in [-0.39, 0.29) is 5.92 Å². The molecule has 1 amide bonds. The number of carbonyl (C=O) groups is 1. The number of H-pyrrole nitrogens is 1. The van der Waals surface area contributed by atoms with E-state index in [4.69, 9.17) is 4.98 Å². The average molecular weight is 489 g/mol. The summed E-state index contributed by atoms with van der Waals surface area (Å²) in [6, 6.07) is 4.69. The van der Waals surface area contributed by atoms with Gasteiger partial charge in [-0.15, -0.1) is 0 Å². The first-order chi connectivity index (χ1) is 17.3. The second-order valence-corrected chi connectivity index (χ2v) is 10.3. The summed E-state index contributed by atoms with van der Waals surface area (Å²) in [5.41, 5.74) is 8.70. The van der Waals surface area contributed by atoms with Gasteiger partial charge in [-0.25, -0.2) is 19.3 Å². The number of hydrogen-bond donors (Lipinski definition) is 2. The second kappa shape index (κ2) is 8.48. The summed E-state index contributed by atoms with van der Waals surface area (Å²) in [6.07, 6.45) is 2.84. The van der Waals surface area contributed by atoms with Crippen LogP contribution in [-0.2, 0) is 0 Å². The van der Waals surface area contributed by atoms with E-state index in [1.165, 1.54) is 16.0 Å². The summed E-state index contributed by atoms with van der Waals surface area (Å²) in [4.78, 5) is 30.6. The van der Waals surface area contributed by atoms with Crippen LogP contribution in [0.5, 0.6) is 0 Å². The summed E-state index contributed by atoms with van der Waals surface area (Å²) >= 11 is 0. The first kappa shape index (κ1) is 22.8. The predicted molar refractivity (Wildman–Crippen MR) is 139 cm³/mol. The van der Waals surface area contributed by atoms with Crippen molar-refractivity contribution in [3.05, 3.63) is 41.3 Å². The van der Waals surface area contributed by atoms with Crippen molar-refractivity contribution >= 4 is 28.6 Å². The molecule has 2 aliphatic heterocycles. The molecule has 4 aromatic rings. The number of aromatic amines is 1. The highest BCUT2D eigenvalue weighted by atomic mass is 16.4. The number of amides is 1. The molecule has 188 valence electrons. The lowest BCUT2D eigenvalue weighted by molar-refractivity contribution is 0.0762. The molecule has 36 heavy (non-hydrogen) atoms. The zero-order chi connectivity index (χ0) is 25.1. The number of fused-ring (bicyclic) bond motifs is 2. The van der Waals surface area contributed by atoms with Gasteiger partial charge in [0.25, 0.3) is 0 Å². The maximum atomic E-state index is 11.2. The van der Waals surface area contributed by atoms with Crippen LogP contribution < -0.4 is 4.90 Å². The maximum Gasteiger partial charge on any atom is 0.407 e. The number of carboxylic acid groups (broad SMARTS) is 1. The number of rotatable bonds is 4. The van der Waals surface area contributed by atoms with E-state index >= 15 is 0 Å². The fourth-order valence-electron chi connectivity index (χ4n) is 5.63. The number of pyridine rings is 2. The number of hydrogen-bond acceptors (Lipinski definition) is 6. The third kappa shape index (κ3) is 3.59. The standard InChI is InChI=1S/C26H32N8O2/c1-15(2)22-23(19-13-34-25(27-14-28-34)17(4)16(19)3)29-20-5-6-21(30-24(20)22)33-11-18(12-33)31-7-9-32(10-8-31)26(35)36/h5-6,13-15,18,29H,7-12H2,1-4H3,(H,35,36). The highest BCUT2D eigenvalue weighted by molar-refractivity contribution is 5.90. The molecule has 0 atom stereocenters. The molecular weight excluding hydrogens is 456 g/mol. The van der Waals surface area contributed by atoms with E-state index in [1.54, 1.807) is 6.33 Å². The zero-order valence-corrected chi connectivity index (χ0v) is 21.2. The van der Waals surface area contributed by atoms with Crippen LogP contribution in [0, 0.1) is 13.8 Å². The fourth-order valence-corrected chi connectivity index (χ4v) is 5.63. The van der Waals surface area contributed by atoms with Gasteiger partial charge in [-0.3, -0.25) is 4.90 Å². The van der Waals surface area contributed by atoms with Crippen LogP contribution in [0.25, 0.3) is 27.9 Å². The third-order valence-electron chi connectivity index (χ3n) is 7.93. The van der Waals surface area contributed by atoms with Gasteiger partial charge in [-0.2, -0.15) is 5.10 Å². The Morgan fingerprint density at radius 1 is 1.11 bits per heavy atom. The Morgan fingerprint density at radius 3 is 2.56 bits per heavy atom. The number of aromatic nitrogens is 5. The molecule has 2 fully saturated rings. The minimum Gasteiger partial charge on any atom is -0.465 e. The van der Waals surface area contributed by atoms with Gasteiger partial charge in [0.1, 0.15) is 12.1 Å². The van der Waals surface area contributed by atoms with Gasteiger partial charge in [-0.1, -0.05) is 13.8 Å². The number of nitrogens with zero attached hydrogens (tertiary/aromatic N) is 7. The maximum absolute atomic E-state index is 11.2. The van der Waals surface area contributed by atoms with Gasteiger partial charge >= 0.3 is 6.09 Å². The van der Waals surface area contributed by atoms with Gasteiger partial charge in [0.2, 0.25) is 0 Å². The number of nitrogens with one attached hydrogen (secondary N) is 1. The summed E-state index contributed by atoms with van der Waals surface area (Å²) in [5.74, 6) is 1.28. The molecule has 0 aromatic carbocycles. The molecule has 0 unspecified atom stereocenters. The zero-order valence-electron chi connectivity index (χ0n) is 21.2. The summed E-state index contributed by atoms with van der Waals surface area (Å²) in [5, 5.41) is 13.6. The van der Waals surface area contributed by atoms with E-state index in [9.17, 15) is 9.90 Å². The molecule has 6 heterocycles. The number of aryl methyl sites for hydroxylation is 1. The quantitative estimate of drug-likeness (QED) is 0.453. The van der Waals surface area contributed by atoms with Crippen molar-refractivity contribution in [1.29, 1.82) is 0 Å². The highest BCUT2D eigenvalue weighted by Crippen LogP contribution is 2.38. The van der Waals surface area contributed by atoms with Crippen molar-refractivity contribution in [3.63, 3.8) is 0 Å². The predicted octanol–water partition coefficient (Wildman–Crippen LogP) is 3.50. The first-order valence-electron chi connectivity index (χ1n) is 12.6. The molecule has 0 spiro atoms. The van der Waals surface area contributed by atoms with Crippen LogP contribution in [0.1, 0.15) is 36.5 Å². The molecule has 0 saturated carbocycles. The molecule has 0 radical (unpaired) electrons. The molecule has 4 aromatic heterocycles. The summed E-state index contributed by atoms with van der Waals surface area (Å²) < 4.78 is 1.85. The molecule has 2 N–H and O–H groups in total. The lowest BCUT2D eigenvalue weighted by Crippen LogP contribution is -2.63. The lowest BCUT2D eigenvalue weighted by atomic mass is 9.95. The van der Waals surface area contributed by atoms with Crippen LogP contribution >= 0.6 is 0 Å². The van der Waals surface area contributed by atoms with Crippen molar-refractivity contribution in [2.45, 2.75) is 39.7 Å². The minimum absolute atomic E-state index is 0.289. The van der Waals surface area contributed by atoms with Crippen LogP contribution in [0.2, 0.25) is 0 Å². The monoisotopic (exact) mass is 488 g/mol. The average Bonchev–Trinajstić information content (AvgIpc) is 3.45. The van der Waals surface area contributed by atoms with Crippen LogP contribution in [0.4, 0.5) is 10.6 Å². The SMILES string of the molecule is Cc1c(-c2[nH]c3ccc(N4CC(N5CCN(C(=O)O)CC5)C4)nc3c2C(C)C)cn2ncnc2c1C. The van der Waals surface area contributed by atoms with Crippen LogP contribution in [0.3, 0.4) is 0 Å². The summed E-state index contributed by atoms with van der Waals surface area (Å²) in [7, 11) is 0. The van der Waals surface area contributed by atoms with Crippen LogP contribution in [0.15, 0.2) is 24.7 Å². The molecule has 0 bridgehead atoms. The molecule has 10 heteroatoms.